The average Bonchev–Trinajstić information content (AvgIpc) is 3.35. The molecule has 0 radical (unpaired) electrons. The Kier molecular flexibility index (Phi) is 52.1. The first-order valence-electron chi connectivity index (χ1n) is 27.3. The highest BCUT2D eigenvalue weighted by atomic mass is 16.6. The van der Waals surface area contributed by atoms with Crippen molar-refractivity contribution >= 4 is 17.9 Å². The lowest BCUT2D eigenvalue weighted by Crippen LogP contribution is -2.30. The maximum absolute atomic E-state index is 12.7. The van der Waals surface area contributed by atoms with Crippen molar-refractivity contribution in [1.29, 1.82) is 0 Å². The van der Waals surface area contributed by atoms with Gasteiger partial charge in [-0.3, -0.25) is 14.4 Å². The number of allylic oxidation sites excluding steroid dienone is 24. The minimum Gasteiger partial charge on any atom is -0.462 e. The van der Waals surface area contributed by atoms with Crippen molar-refractivity contribution in [3.63, 3.8) is 0 Å². The number of ether oxygens (including phenoxy) is 3. The summed E-state index contributed by atoms with van der Waals surface area (Å²) in [5, 5.41) is 0. The molecule has 0 aromatic carbocycles. The molecular weight excluding hydrogens is 853 g/mol. The van der Waals surface area contributed by atoms with Crippen molar-refractivity contribution in [2.24, 2.45) is 0 Å². The van der Waals surface area contributed by atoms with Gasteiger partial charge < -0.3 is 14.2 Å². The van der Waals surface area contributed by atoms with Crippen LogP contribution in [0.5, 0.6) is 0 Å². The molecule has 0 rings (SSSR count). The molecule has 6 heteroatoms. The molecule has 0 aliphatic rings. The second-order valence-corrected chi connectivity index (χ2v) is 17.4. The zero-order chi connectivity index (χ0) is 50.0. The highest BCUT2D eigenvalue weighted by molar-refractivity contribution is 5.71. The lowest BCUT2D eigenvalue weighted by Gasteiger charge is -2.18. The maximum atomic E-state index is 12.7. The fourth-order valence-electron chi connectivity index (χ4n) is 6.82. The van der Waals surface area contributed by atoms with Gasteiger partial charge >= 0.3 is 17.9 Å². The normalized spacial score (nSPS) is 13.3. The molecule has 0 aromatic heterocycles. The van der Waals surface area contributed by atoms with E-state index >= 15 is 0 Å². The molecule has 0 N–H and O–H groups in total. The van der Waals surface area contributed by atoms with Crippen molar-refractivity contribution < 1.29 is 28.6 Å². The van der Waals surface area contributed by atoms with Crippen LogP contribution in [0, 0.1) is 0 Å². The van der Waals surface area contributed by atoms with E-state index < -0.39 is 12.1 Å². The molecule has 0 heterocycles. The molecule has 0 saturated heterocycles. The van der Waals surface area contributed by atoms with E-state index in [0.717, 1.165) is 128 Å². The van der Waals surface area contributed by atoms with Gasteiger partial charge in [-0.15, -0.1) is 0 Å². The van der Waals surface area contributed by atoms with Crippen LogP contribution in [-0.4, -0.2) is 37.2 Å². The minimum absolute atomic E-state index is 0.119. The zero-order valence-corrected chi connectivity index (χ0v) is 44.0. The fourth-order valence-corrected chi connectivity index (χ4v) is 6.82. The van der Waals surface area contributed by atoms with Gasteiger partial charge in [0.1, 0.15) is 13.2 Å². The maximum Gasteiger partial charge on any atom is 0.306 e. The summed E-state index contributed by atoms with van der Waals surface area (Å²) < 4.78 is 16.7. The van der Waals surface area contributed by atoms with E-state index in [1.165, 1.54) is 38.5 Å². The number of rotatable bonds is 47. The molecule has 1 atom stereocenters. The molecule has 1 unspecified atom stereocenters. The van der Waals surface area contributed by atoms with Crippen LogP contribution in [0.2, 0.25) is 0 Å². The molecule has 0 spiro atoms. The topological polar surface area (TPSA) is 78.9 Å². The summed E-state index contributed by atoms with van der Waals surface area (Å²) >= 11 is 0. The van der Waals surface area contributed by atoms with Gasteiger partial charge in [-0.05, 0) is 109 Å². The zero-order valence-electron chi connectivity index (χ0n) is 44.0. The van der Waals surface area contributed by atoms with Crippen LogP contribution in [0.25, 0.3) is 0 Å². The van der Waals surface area contributed by atoms with Gasteiger partial charge in [0, 0.05) is 19.3 Å². The van der Waals surface area contributed by atoms with Crippen molar-refractivity contribution in [2.45, 2.75) is 219 Å². The predicted molar refractivity (Wildman–Crippen MR) is 297 cm³/mol. The van der Waals surface area contributed by atoms with Crippen molar-refractivity contribution in [1.82, 2.24) is 0 Å². The summed E-state index contributed by atoms with van der Waals surface area (Å²) in [6.07, 6.45) is 80.1. The summed E-state index contributed by atoms with van der Waals surface area (Å²) in [4.78, 5) is 37.9. The summed E-state index contributed by atoms with van der Waals surface area (Å²) in [6, 6.07) is 0. The third-order valence-corrected chi connectivity index (χ3v) is 10.9. The molecule has 0 aromatic rings. The predicted octanol–water partition coefficient (Wildman–Crippen LogP) is 18.4. The van der Waals surface area contributed by atoms with Gasteiger partial charge in [0.05, 0.1) is 0 Å². The van der Waals surface area contributed by atoms with Crippen LogP contribution in [0.15, 0.2) is 146 Å². The third kappa shape index (κ3) is 54.1. The van der Waals surface area contributed by atoms with Gasteiger partial charge in [-0.1, -0.05) is 231 Å². The first-order chi connectivity index (χ1) is 34.0. The van der Waals surface area contributed by atoms with Crippen LogP contribution in [0.3, 0.4) is 0 Å². The highest BCUT2D eigenvalue weighted by Gasteiger charge is 2.19. The lowest BCUT2D eigenvalue weighted by atomic mass is 10.1. The Labute approximate surface area is 423 Å². The molecule has 0 aliphatic heterocycles. The minimum atomic E-state index is -0.829. The Morgan fingerprint density at radius 2 is 0.594 bits per heavy atom. The Morgan fingerprint density at radius 1 is 0.304 bits per heavy atom. The quantitative estimate of drug-likeness (QED) is 0.0262. The van der Waals surface area contributed by atoms with Crippen LogP contribution in [0.4, 0.5) is 0 Å². The Morgan fingerprint density at radius 3 is 0.942 bits per heavy atom. The van der Waals surface area contributed by atoms with E-state index in [1.54, 1.807) is 0 Å². The smallest absolute Gasteiger partial charge is 0.306 e. The summed E-state index contributed by atoms with van der Waals surface area (Å²) in [7, 11) is 0. The molecule has 6 nitrogen and oxygen atoms in total. The molecule has 0 fully saturated rings. The lowest BCUT2D eigenvalue weighted by molar-refractivity contribution is -0.166. The van der Waals surface area contributed by atoms with Crippen molar-refractivity contribution in [3.8, 4) is 0 Å². The molecular formula is C63H98O6. The SMILES string of the molecule is CC/C=C\C/C=C\C/C=C\C/C=C\C/C=C\C/C=C\C/C=C\C/C=C\CCCCCCC(=O)OCC(COC(=O)CCCCCCCCCCC)OC(=O)CC/C=C\C/C=C\C/C=C\C/C=C\CC. The number of carbonyl (C=O) groups is 3. The van der Waals surface area contributed by atoms with Crippen molar-refractivity contribution in [2.75, 3.05) is 13.2 Å². The number of carbonyl (C=O) groups excluding carboxylic acids is 3. The standard InChI is InChI=1S/C63H98O6/c1-4-7-10-13-16-19-21-23-24-25-26-27-28-29-30-31-32-33-34-35-36-37-38-40-41-44-47-50-53-56-62(65)68-59-60(58-67-61(64)55-52-49-46-43-18-15-12-9-6-3)69-63(66)57-54-51-48-45-42-39-22-20-17-14-11-8-5-2/h7-8,10-11,16-17,19-20,23-24,26-27,29-30,32-33,35-36,38-40,42,48,51,60H,4-6,9,12-15,18,21-22,25,28,31,34,37,41,43-47,49-50,52-59H2,1-3H3/b10-7-,11-8-,19-16-,20-17-,24-23-,27-26-,30-29-,33-32-,36-35-,40-38-,42-39-,51-48-. The largest absolute Gasteiger partial charge is 0.462 e. The second kappa shape index (κ2) is 55.9. The number of esters is 3. The second-order valence-electron chi connectivity index (χ2n) is 17.4. The monoisotopic (exact) mass is 951 g/mol. The molecule has 0 saturated carbocycles. The average molecular weight is 951 g/mol. The van der Waals surface area contributed by atoms with Crippen molar-refractivity contribution in [3.05, 3.63) is 146 Å². The summed E-state index contributed by atoms with van der Waals surface area (Å²) in [5.41, 5.74) is 0. The number of unbranched alkanes of at least 4 members (excludes halogenated alkanes) is 12. The first kappa shape index (κ1) is 64.3. The van der Waals surface area contributed by atoms with Gasteiger partial charge in [-0.25, -0.2) is 0 Å². The van der Waals surface area contributed by atoms with Gasteiger partial charge in [0.2, 0.25) is 0 Å². The van der Waals surface area contributed by atoms with Gasteiger partial charge in [-0.2, -0.15) is 0 Å². The van der Waals surface area contributed by atoms with Crippen LogP contribution < -0.4 is 0 Å². The molecule has 69 heavy (non-hydrogen) atoms. The molecule has 0 amide bonds. The fraction of sp³-hybridized carbons (Fsp3) is 0.571. The van der Waals surface area contributed by atoms with Gasteiger partial charge in [0.25, 0.3) is 0 Å². The number of hydrogen-bond acceptors (Lipinski definition) is 6. The highest BCUT2D eigenvalue weighted by Crippen LogP contribution is 2.12. The third-order valence-electron chi connectivity index (χ3n) is 10.9. The van der Waals surface area contributed by atoms with E-state index in [9.17, 15) is 14.4 Å². The van der Waals surface area contributed by atoms with E-state index in [0.29, 0.717) is 19.3 Å². The summed E-state index contributed by atoms with van der Waals surface area (Å²) in [6.45, 7) is 6.28. The Hall–Kier alpha value is -4.71. The summed E-state index contributed by atoms with van der Waals surface area (Å²) in [5.74, 6) is -1.04. The Balaban J connectivity index is 4.36. The Bertz CT molecular complexity index is 1560. The molecule has 0 bridgehead atoms. The first-order valence-corrected chi connectivity index (χ1v) is 27.3. The van der Waals surface area contributed by atoms with E-state index in [4.69, 9.17) is 14.2 Å². The van der Waals surface area contributed by atoms with Gasteiger partial charge in [0.15, 0.2) is 6.10 Å². The van der Waals surface area contributed by atoms with E-state index in [-0.39, 0.29) is 31.6 Å². The number of hydrogen-bond donors (Lipinski definition) is 0. The van der Waals surface area contributed by atoms with Crippen LogP contribution in [0.1, 0.15) is 213 Å². The molecule has 386 valence electrons. The van der Waals surface area contributed by atoms with E-state index in [1.807, 2.05) is 12.2 Å². The van der Waals surface area contributed by atoms with Crippen LogP contribution in [-0.2, 0) is 28.6 Å². The molecule has 0 aliphatic carbocycles. The van der Waals surface area contributed by atoms with Crippen LogP contribution >= 0.6 is 0 Å². The van der Waals surface area contributed by atoms with E-state index in [2.05, 4.69) is 154 Å².